The van der Waals surface area contributed by atoms with Crippen molar-refractivity contribution in [1.82, 2.24) is 34.0 Å². The number of pyridine rings is 1. The second-order valence-corrected chi connectivity index (χ2v) is 10.5. The monoisotopic (exact) mass is 522 g/mol. The molecule has 0 bridgehead atoms. The lowest BCUT2D eigenvalue weighted by Crippen LogP contribution is -2.66. The van der Waals surface area contributed by atoms with Gasteiger partial charge in [-0.25, -0.2) is 15.0 Å². The van der Waals surface area contributed by atoms with Crippen LogP contribution in [0.5, 0.6) is 5.75 Å². The van der Waals surface area contributed by atoms with Gasteiger partial charge in [-0.05, 0) is 17.2 Å². The Bertz CT molecular complexity index is 1600. The smallest absolute Gasteiger partial charge is 0.140 e. The SMILES string of the molecule is Cn1cc(-c2ccc(CNc3cc(-c4cnc5cc(OCCN6CC7(COC7)C6)ccn45)ncn3)cc2)cn1. The summed E-state index contributed by atoms with van der Waals surface area (Å²) in [5, 5.41) is 7.66. The fraction of sp³-hybridized carbons (Fsp3) is 0.310. The van der Waals surface area contributed by atoms with Gasteiger partial charge in [0.05, 0.1) is 37.0 Å². The maximum absolute atomic E-state index is 6.02. The molecule has 0 unspecified atom stereocenters. The zero-order valence-corrected chi connectivity index (χ0v) is 21.8. The van der Waals surface area contributed by atoms with Gasteiger partial charge in [-0.15, -0.1) is 0 Å². The number of aryl methyl sites for hydroxylation is 1. The summed E-state index contributed by atoms with van der Waals surface area (Å²) in [6.45, 7) is 6.30. The van der Waals surface area contributed by atoms with E-state index in [2.05, 4.69) is 54.5 Å². The number of nitrogens with zero attached hydrogens (tertiary/aromatic N) is 7. The number of fused-ring (bicyclic) bond motifs is 1. The van der Waals surface area contributed by atoms with Gasteiger partial charge in [0.2, 0.25) is 0 Å². The van der Waals surface area contributed by atoms with Crippen LogP contribution in [0.2, 0.25) is 0 Å². The van der Waals surface area contributed by atoms with E-state index in [0.29, 0.717) is 18.6 Å². The van der Waals surface area contributed by atoms with Gasteiger partial charge in [0.15, 0.2) is 0 Å². The molecule has 6 heterocycles. The molecule has 10 nitrogen and oxygen atoms in total. The maximum atomic E-state index is 6.02. The van der Waals surface area contributed by atoms with Gasteiger partial charge >= 0.3 is 0 Å². The first-order chi connectivity index (χ1) is 19.1. The summed E-state index contributed by atoms with van der Waals surface area (Å²) in [5.41, 5.74) is 6.37. The van der Waals surface area contributed by atoms with Crippen LogP contribution in [0, 0.1) is 5.41 Å². The molecule has 1 N–H and O–H groups in total. The Labute approximate surface area is 226 Å². The van der Waals surface area contributed by atoms with Crippen molar-refractivity contribution in [2.24, 2.45) is 12.5 Å². The number of ether oxygens (including phenoxy) is 2. The molecule has 10 heteroatoms. The molecule has 2 aliphatic rings. The lowest BCUT2D eigenvalue weighted by molar-refractivity contribution is -0.189. The largest absolute Gasteiger partial charge is 0.492 e. The Morgan fingerprint density at radius 3 is 2.64 bits per heavy atom. The summed E-state index contributed by atoms with van der Waals surface area (Å²) in [4.78, 5) is 15.9. The van der Waals surface area contributed by atoms with Crippen molar-refractivity contribution in [3.63, 3.8) is 0 Å². The molecule has 0 amide bonds. The van der Waals surface area contributed by atoms with Crippen molar-refractivity contribution >= 4 is 11.5 Å². The van der Waals surface area contributed by atoms with E-state index in [1.807, 2.05) is 59.1 Å². The lowest BCUT2D eigenvalue weighted by atomic mass is 9.78. The van der Waals surface area contributed by atoms with Gasteiger partial charge < -0.3 is 14.8 Å². The average Bonchev–Trinajstić information content (AvgIpc) is 3.54. The van der Waals surface area contributed by atoms with E-state index in [1.165, 1.54) is 0 Å². The zero-order chi connectivity index (χ0) is 26.2. The van der Waals surface area contributed by atoms with E-state index in [4.69, 9.17) is 9.47 Å². The molecule has 5 aromatic rings. The minimum atomic E-state index is 0.438. The number of aromatic nitrogens is 6. The first-order valence-corrected chi connectivity index (χ1v) is 13.2. The number of imidazole rings is 1. The molecule has 0 radical (unpaired) electrons. The molecular formula is C29H30N8O2. The second-order valence-electron chi connectivity index (χ2n) is 10.5. The summed E-state index contributed by atoms with van der Waals surface area (Å²) in [5.74, 6) is 1.58. The van der Waals surface area contributed by atoms with Gasteiger partial charge in [-0.1, -0.05) is 24.3 Å². The average molecular weight is 523 g/mol. The number of nitrogens with one attached hydrogen (secondary N) is 1. The minimum absolute atomic E-state index is 0.438. The van der Waals surface area contributed by atoms with Crippen LogP contribution in [-0.4, -0.2) is 73.5 Å². The van der Waals surface area contributed by atoms with Crippen LogP contribution in [0.1, 0.15) is 5.56 Å². The number of anilines is 1. The van der Waals surface area contributed by atoms with Gasteiger partial charge in [-0.2, -0.15) is 5.10 Å². The molecule has 4 aromatic heterocycles. The zero-order valence-electron chi connectivity index (χ0n) is 21.8. The van der Waals surface area contributed by atoms with Crippen LogP contribution in [-0.2, 0) is 18.3 Å². The van der Waals surface area contributed by atoms with Crippen LogP contribution in [0.15, 0.2) is 73.6 Å². The van der Waals surface area contributed by atoms with Crippen LogP contribution in [0.3, 0.4) is 0 Å². The predicted octanol–water partition coefficient (Wildman–Crippen LogP) is 3.51. The van der Waals surface area contributed by atoms with Gasteiger partial charge in [0, 0.05) is 68.7 Å². The molecule has 7 rings (SSSR count). The highest BCUT2D eigenvalue weighted by Gasteiger charge is 2.48. The Morgan fingerprint density at radius 2 is 1.87 bits per heavy atom. The van der Waals surface area contributed by atoms with Crippen LogP contribution in [0.25, 0.3) is 28.2 Å². The van der Waals surface area contributed by atoms with E-state index in [9.17, 15) is 0 Å². The highest BCUT2D eigenvalue weighted by atomic mass is 16.5. The standard InChI is InChI=1S/C29H30N8O2/c1-35-15-23(13-34-35)22-4-2-21(3-5-22)12-30-27-11-25(32-20-33-27)26-14-31-28-10-24(6-7-37(26)28)39-9-8-36-16-29(17-36)18-38-19-29/h2-7,10-11,13-15,20H,8-9,12,16-19H2,1H3,(H,30,32,33). The maximum Gasteiger partial charge on any atom is 0.140 e. The van der Waals surface area contributed by atoms with Gasteiger partial charge in [0.1, 0.15) is 30.1 Å². The number of hydrogen-bond acceptors (Lipinski definition) is 8. The number of likely N-dealkylation sites (tertiary alicyclic amines) is 1. The lowest BCUT2D eigenvalue weighted by Gasteiger charge is -2.55. The highest BCUT2D eigenvalue weighted by molar-refractivity contribution is 5.64. The molecule has 2 aliphatic heterocycles. The first-order valence-electron chi connectivity index (χ1n) is 13.2. The fourth-order valence-electron chi connectivity index (χ4n) is 5.34. The Kier molecular flexibility index (Phi) is 5.98. The number of rotatable bonds is 9. The molecule has 0 saturated carbocycles. The summed E-state index contributed by atoms with van der Waals surface area (Å²) < 4.78 is 15.2. The molecule has 1 spiro atoms. The molecule has 2 saturated heterocycles. The fourth-order valence-corrected chi connectivity index (χ4v) is 5.34. The molecular weight excluding hydrogens is 492 g/mol. The van der Waals surface area contributed by atoms with E-state index in [-0.39, 0.29) is 0 Å². The number of benzene rings is 1. The minimum Gasteiger partial charge on any atom is -0.492 e. The van der Waals surface area contributed by atoms with Crippen LogP contribution in [0.4, 0.5) is 5.82 Å². The third-order valence-corrected chi connectivity index (χ3v) is 7.49. The van der Waals surface area contributed by atoms with E-state index in [1.54, 1.807) is 6.33 Å². The Balaban J connectivity index is 0.972. The van der Waals surface area contributed by atoms with Crippen molar-refractivity contribution in [1.29, 1.82) is 0 Å². The first kappa shape index (κ1) is 23.8. The van der Waals surface area contributed by atoms with E-state index >= 15 is 0 Å². The third kappa shape index (κ3) is 4.84. The third-order valence-electron chi connectivity index (χ3n) is 7.49. The predicted molar refractivity (Wildman–Crippen MR) is 147 cm³/mol. The summed E-state index contributed by atoms with van der Waals surface area (Å²) in [6, 6.07) is 14.4. The molecule has 39 heavy (non-hydrogen) atoms. The van der Waals surface area contributed by atoms with Gasteiger partial charge in [-0.3, -0.25) is 14.0 Å². The quantitative estimate of drug-likeness (QED) is 0.314. The molecule has 2 fully saturated rings. The Hall–Kier alpha value is -4.28. The summed E-state index contributed by atoms with van der Waals surface area (Å²) >= 11 is 0. The van der Waals surface area contributed by atoms with Gasteiger partial charge in [0.25, 0.3) is 0 Å². The van der Waals surface area contributed by atoms with E-state index < -0.39 is 0 Å². The number of hydrogen-bond donors (Lipinski definition) is 1. The summed E-state index contributed by atoms with van der Waals surface area (Å²) in [6.07, 6.45) is 9.28. The van der Waals surface area contributed by atoms with Crippen LogP contribution >= 0.6 is 0 Å². The normalized spacial score (nSPS) is 16.2. The second kappa shape index (κ2) is 9.79. The van der Waals surface area contributed by atoms with Crippen molar-refractivity contribution in [3.05, 3.63) is 79.1 Å². The van der Waals surface area contributed by atoms with E-state index in [0.717, 1.165) is 78.1 Å². The highest BCUT2D eigenvalue weighted by Crippen LogP contribution is 2.37. The molecule has 198 valence electrons. The van der Waals surface area contributed by atoms with Crippen molar-refractivity contribution in [2.45, 2.75) is 6.54 Å². The molecule has 0 aliphatic carbocycles. The van der Waals surface area contributed by atoms with Crippen LogP contribution < -0.4 is 10.1 Å². The topological polar surface area (TPSA) is 94.6 Å². The molecule has 1 aromatic carbocycles. The van der Waals surface area contributed by atoms with Crippen molar-refractivity contribution < 1.29 is 9.47 Å². The van der Waals surface area contributed by atoms with Crippen molar-refractivity contribution in [3.8, 4) is 28.3 Å². The summed E-state index contributed by atoms with van der Waals surface area (Å²) in [7, 11) is 1.92. The molecule has 0 atom stereocenters. The Morgan fingerprint density at radius 1 is 1.00 bits per heavy atom. The van der Waals surface area contributed by atoms with Crippen molar-refractivity contribution in [2.75, 3.05) is 44.8 Å².